The third kappa shape index (κ3) is 3.86. The number of para-hydroxylation sites is 2. The van der Waals surface area contributed by atoms with E-state index < -0.39 is 0 Å². The normalized spacial score (nSPS) is 19.0. The van der Waals surface area contributed by atoms with Crippen LogP contribution in [0.1, 0.15) is 37.3 Å². The number of likely N-dealkylation sites (tertiary alicyclic amines) is 2. The van der Waals surface area contributed by atoms with E-state index in [-0.39, 0.29) is 29.9 Å². The van der Waals surface area contributed by atoms with Gasteiger partial charge in [0, 0.05) is 32.3 Å². The van der Waals surface area contributed by atoms with Gasteiger partial charge in [-0.15, -0.1) is 0 Å². The average Bonchev–Trinajstić information content (AvgIpc) is 3.07. The van der Waals surface area contributed by atoms with E-state index in [2.05, 4.69) is 29.0 Å². The van der Waals surface area contributed by atoms with Crippen molar-refractivity contribution in [2.24, 2.45) is 0 Å². The third-order valence-corrected chi connectivity index (χ3v) is 6.00. The molecule has 1 aromatic heterocycles. The molecule has 8 heteroatoms. The van der Waals surface area contributed by atoms with E-state index in [1.165, 1.54) is 4.57 Å². The van der Waals surface area contributed by atoms with Crippen molar-refractivity contribution in [3.63, 3.8) is 0 Å². The van der Waals surface area contributed by atoms with Crippen LogP contribution in [0.15, 0.2) is 24.3 Å². The Morgan fingerprint density at radius 1 is 1.17 bits per heavy atom. The fraction of sp³-hybridized carbons (Fsp3) is 0.571. The molecule has 2 saturated heterocycles. The highest BCUT2D eigenvalue weighted by Crippen LogP contribution is 2.21. The zero-order chi connectivity index (χ0) is 20.5. The summed E-state index contributed by atoms with van der Waals surface area (Å²) >= 11 is 0. The van der Waals surface area contributed by atoms with Crippen molar-refractivity contribution < 1.29 is 14.3 Å². The molecular formula is C21H29N5O3. The molecular weight excluding hydrogens is 370 g/mol. The van der Waals surface area contributed by atoms with Crippen molar-refractivity contribution in [2.45, 2.75) is 44.9 Å². The number of methoxy groups -OCH3 is 1. The molecule has 29 heavy (non-hydrogen) atoms. The molecule has 2 aliphatic heterocycles. The van der Waals surface area contributed by atoms with Gasteiger partial charge in [0.1, 0.15) is 0 Å². The number of nitrogens with one attached hydrogen (secondary N) is 1. The van der Waals surface area contributed by atoms with Crippen molar-refractivity contribution >= 4 is 23.0 Å². The lowest BCUT2D eigenvalue weighted by Gasteiger charge is -2.38. The Bertz CT molecular complexity index is 895. The van der Waals surface area contributed by atoms with Gasteiger partial charge in [-0.3, -0.25) is 4.79 Å². The lowest BCUT2D eigenvalue weighted by Crippen LogP contribution is -2.56. The van der Waals surface area contributed by atoms with Crippen LogP contribution in [-0.2, 0) is 4.74 Å². The Morgan fingerprint density at radius 3 is 2.52 bits per heavy atom. The largest absolute Gasteiger partial charge is 0.378 e. The summed E-state index contributed by atoms with van der Waals surface area (Å²) < 4.78 is 6.72. The number of carbonyl (C=O) groups is 2. The molecule has 156 valence electrons. The van der Waals surface area contributed by atoms with Gasteiger partial charge in [0.2, 0.25) is 5.82 Å². The molecule has 2 aromatic rings. The molecule has 2 fully saturated rings. The topological polar surface area (TPSA) is 79.7 Å². The predicted octanol–water partition coefficient (Wildman–Crippen LogP) is 1.94. The molecule has 1 aromatic carbocycles. The summed E-state index contributed by atoms with van der Waals surface area (Å²) in [5, 5.41) is 3.10. The Hall–Kier alpha value is -2.45. The monoisotopic (exact) mass is 399 g/mol. The number of benzene rings is 1. The van der Waals surface area contributed by atoms with Crippen LogP contribution in [0.3, 0.4) is 0 Å². The highest BCUT2D eigenvalue weighted by molar-refractivity contribution is 6.01. The molecule has 0 atom stereocenters. The lowest BCUT2D eigenvalue weighted by molar-refractivity contribution is -0.00729. The van der Waals surface area contributed by atoms with Crippen molar-refractivity contribution in [1.29, 1.82) is 0 Å². The van der Waals surface area contributed by atoms with Gasteiger partial charge in [0.25, 0.3) is 5.91 Å². The molecule has 0 radical (unpaired) electrons. The number of carbonyl (C=O) groups excluding carboxylic acids is 2. The second-order valence-corrected chi connectivity index (χ2v) is 8.18. The summed E-state index contributed by atoms with van der Waals surface area (Å²) in [4.78, 5) is 34.8. The van der Waals surface area contributed by atoms with E-state index in [4.69, 9.17) is 4.74 Å². The summed E-state index contributed by atoms with van der Waals surface area (Å²) in [5.74, 6) is -0.135. The molecule has 0 aliphatic carbocycles. The number of hydrogen-bond acceptors (Lipinski definition) is 5. The number of amides is 2. The van der Waals surface area contributed by atoms with Gasteiger partial charge in [-0.25, -0.2) is 14.3 Å². The standard InChI is InChI=1S/C21H29N5O3/c1-14(2)24-10-8-15(9-11-24)22-20(27)19-23-17-6-4-5-7-18(17)26(19)21(28)25-12-16(13-25)29-3/h4-7,14-16H,8-13H2,1-3H3,(H,22,27). The van der Waals surface area contributed by atoms with E-state index >= 15 is 0 Å². The SMILES string of the molecule is COC1CN(C(=O)n2c(C(=O)NC3CCN(C(C)C)CC3)nc3ccccc32)C1. The van der Waals surface area contributed by atoms with Crippen LogP contribution in [0.5, 0.6) is 0 Å². The maximum absolute atomic E-state index is 13.1. The molecule has 2 amide bonds. The summed E-state index contributed by atoms with van der Waals surface area (Å²) in [5.41, 5.74) is 1.29. The maximum Gasteiger partial charge on any atom is 0.330 e. The highest BCUT2D eigenvalue weighted by Gasteiger charge is 2.34. The lowest BCUT2D eigenvalue weighted by atomic mass is 10.0. The van der Waals surface area contributed by atoms with Gasteiger partial charge in [-0.1, -0.05) is 12.1 Å². The third-order valence-electron chi connectivity index (χ3n) is 6.00. The number of rotatable bonds is 4. The first-order valence-electron chi connectivity index (χ1n) is 10.3. The summed E-state index contributed by atoms with van der Waals surface area (Å²) in [6.45, 7) is 7.36. The molecule has 0 saturated carbocycles. The molecule has 1 N–H and O–H groups in total. The van der Waals surface area contributed by atoms with Gasteiger partial charge >= 0.3 is 6.03 Å². The second kappa shape index (κ2) is 8.12. The van der Waals surface area contributed by atoms with Crippen molar-refractivity contribution in [3.8, 4) is 0 Å². The number of hydrogen-bond donors (Lipinski definition) is 1. The van der Waals surface area contributed by atoms with E-state index in [0.717, 1.165) is 25.9 Å². The highest BCUT2D eigenvalue weighted by atomic mass is 16.5. The first kappa shape index (κ1) is 19.8. The number of nitrogens with zero attached hydrogens (tertiary/aromatic N) is 4. The van der Waals surface area contributed by atoms with Crippen LogP contribution >= 0.6 is 0 Å². The predicted molar refractivity (Wildman–Crippen MR) is 110 cm³/mol. The van der Waals surface area contributed by atoms with E-state index in [0.29, 0.717) is 30.2 Å². The fourth-order valence-electron chi connectivity index (χ4n) is 4.07. The molecule has 8 nitrogen and oxygen atoms in total. The van der Waals surface area contributed by atoms with Gasteiger partial charge in [0.05, 0.1) is 30.2 Å². The Labute approximate surface area is 170 Å². The number of piperidine rings is 1. The van der Waals surface area contributed by atoms with Crippen LogP contribution in [0.4, 0.5) is 4.79 Å². The van der Waals surface area contributed by atoms with Crippen molar-refractivity contribution in [1.82, 2.24) is 24.7 Å². The Kier molecular flexibility index (Phi) is 5.56. The minimum atomic E-state index is -0.290. The van der Waals surface area contributed by atoms with Crippen LogP contribution in [-0.4, -0.2) is 82.8 Å². The fourth-order valence-corrected chi connectivity index (χ4v) is 4.07. The van der Waals surface area contributed by atoms with E-state index in [1.54, 1.807) is 12.0 Å². The number of fused-ring (bicyclic) bond motifs is 1. The second-order valence-electron chi connectivity index (χ2n) is 8.18. The molecule has 0 unspecified atom stereocenters. The molecule has 0 bridgehead atoms. The molecule has 3 heterocycles. The van der Waals surface area contributed by atoms with E-state index in [1.807, 2.05) is 24.3 Å². The first-order valence-corrected chi connectivity index (χ1v) is 10.3. The van der Waals surface area contributed by atoms with Crippen LogP contribution < -0.4 is 5.32 Å². The van der Waals surface area contributed by atoms with Crippen LogP contribution in [0, 0.1) is 0 Å². The first-order chi connectivity index (χ1) is 14.0. The average molecular weight is 399 g/mol. The Balaban J connectivity index is 1.54. The molecule has 0 spiro atoms. The zero-order valence-electron chi connectivity index (χ0n) is 17.3. The maximum atomic E-state index is 13.1. The molecule has 2 aliphatic rings. The van der Waals surface area contributed by atoms with Gasteiger partial charge < -0.3 is 19.9 Å². The van der Waals surface area contributed by atoms with Gasteiger partial charge in [0.15, 0.2) is 0 Å². The summed E-state index contributed by atoms with van der Waals surface area (Å²) in [7, 11) is 1.64. The van der Waals surface area contributed by atoms with Gasteiger partial charge in [-0.05, 0) is 38.8 Å². The zero-order valence-corrected chi connectivity index (χ0v) is 17.3. The van der Waals surface area contributed by atoms with E-state index in [9.17, 15) is 9.59 Å². The smallest absolute Gasteiger partial charge is 0.330 e. The number of aromatic nitrogens is 2. The number of ether oxygens (including phenoxy) is 1. The van der Waals surface area contributed by atoms with Crippen molar-refractivity contribution in [3.05, 3.63) is 30.1 Å². The quantitative estimate of drug-likeness (QED) is 0.850. The summed E-state index contributed by atoms with van der Waals surface area (Å²) in [6, 6.07) is 7.75. The minimum absolute atomic E-state index is 0.0529. The van der Waals surface area contributed by atoms with Crippen LogP contribution in [0.25, 0.3) is 11.0 Å². The Morgan fingerprint density at radius 2 is 1.86 bits per heavy atom. The number of imidazole rings is 1. The molecule has 4 rings (SSSR count). The summed E-state index contributed by atoms with van der Waals surface area (Å²) in [6.07, 6.45) is 1.86. The van der Waals surface area contributed by atoms with Gasteiger partial charge in [-0.2, -0.15) is 0 Å². The minimum Gasteiger partial charge on any atom is -0.378 e. The van der Waals surface area contributed by atoms with Crippen molar-refractivity contribution in [2.75, 3.05) is 33.3 Å². The van der Waals surface area contributed by atoms with Crippen LogP contribution in [0.2, 0.25) is 0 Å².